The lowest BCUT2D eigenvalue weighted by Crippen LogP contribution is -2.26. The van der Waals surface area contributed by atoms with Crippen LogP contribution in [0.25, 0.3) is 0 Å². The van der Waals surface area contributed by atoms with Crippen LogP contribution in [0.3, 0.4) is 0 Å². The van der Waals surface area contributed by atoms with Crippen LogP contribution in [0.2, 0.25) is 0 Å². The highest BCUT2D eigenvalue weighted by Gasteiger charge is 2.29. The molecule has 4 rings (SSSR count). The monoisotopic (exact) mass is 569 g/mol. The van der Waals surface area contributed by atoms with E-state index in [0.29, 0.717) is 30.3 Å². The predicted octanol–water partition coefficient (Wildman–Crippen LogP) is 4.69. The van der Waals surface area contributed by atoms with Crippen molar-refractivity contribution in [3.05, 3.63) is 58.7 Å². The van der Waals surface area contributed by atoms with Gasteiger partial charge in [0.1, 0.15) is 9.51 Å². The molecule has 0 radical (unpaired) electrons. The number of nitrogens with zero attached hydrogens (tertiary/aromatic N) is 1. The minimum Gasteiger partial charge on any atom is -0.490 e. The van der Waals surface area contributed by atoms with E-state index in [-0.39, 0.29) is 20.7 Å². The van der Waals surface area contributed by atoms with E-state index in [1.54, 1.807) is 11.0 Å². The Bertz CT molecular complexity index is 1110. The van der Waals surface area contributed by atoms with Gasteiger partial charge in [0.05, 0.1) is 16.6 Å². The zero-order valence-corrected chi connectivity index (χ0v) is 21.3. The topological polar surface area (TPSA) is 72.9 Å². The van der Waals surface area contributed by atoms with Gasteiger partial charge in [-0.15, -0.1) is 0 Å². The summed E-state index contributed by atoms with van der Waals surface area (Å²) in [6.07, 6.45) is 1.91. The smallest absolute Gasteiger partial charge is 0.258 e. The summed E-state index contributed by atoms with van der Waals surface area (Å²) in [5, 5.41) is 0. The average molecular weight is 569 g/mol. The number of hydrogen-bond donors (Lipinski definition) is 0. The highest BCUT2D eigenvalue weighted by atomic mass is 127. The van der Waals surface area contributed by atoms with Crippen molar-refractivity contribution in [2.45, 2.75) is 56.7 Å². The number of alkyl halides is 1. The fraction of sp³-hybridized carbons (Fsp3) is 0.458. The first-order valence-corrected chi connectivity index (χ1v) is 14.0. The number of fused-ring (bicyclic) bond motifs is 1. The largest absolute Gasteiger partial charge is 0.490 e. The number of carbonyl (C=O) groups excluding carboxylic acids is 1. The fourth-order valence-electron chi connectivity index (χ4n) is 4.30. The average Bonchev–Trinajstić information content (AvgIpc) is 3.22. The third-order valence-corrected chi connectivity index (χ3v) is 9.70. The van der Waals surface area contributed by atoms with Gasteiger partial charge in [-0.25, -0.2) is 8.42 Å². The normalized spacial score (nSPS) is 16.9. The molecule has 32 heavy (non-hydrogen) atoms. The Kier molecular flexibility index (Phi) is 7.11. The van der Waals surface area contributed by atoms with Gasteiger partial charge in [-0.3, -0.25) is 4.79 Å². The Balaban J connectivity index is 1.61. The van der Waals surface area contributed by atoms with Crippen molar-refractivity contribution < 1.29 is 22.7 Å². The highest BCUT2D eigenvalue weighted by Crippen LogP contribution is 2.33. The second-order valence-electron chi connectivity index (χ2n) is 8.62. The lowest BCUT2D eigenvalue weighted by Gasteiger charge is -2.22. The molecule has 2 aromatic carbocycles. The first-order valence-electron chi connectivity index (χ1n) is 10.9. The van der Waals surface area contributed by atoms with Crippen LogP contribution >= 0.6 is 22.6 Å². The number of amides is 1. The van der Waals surface area contributed by atoms with Crippen LogP contribution in [0, 0.1) is 0 Å². The molecule has 0 N–H and O–H groups in total. The van der Waals surface area contributed by atoms with Crippen LogP contribution in [0.1, 0.15) is 59.7 Å². The first kappa shape index (κ1) is 23.5. The Hall–Kier alpha value is -1.65. The summed E-state index contributed by atoms with van der Waals surface area (Å²) in [6, 6.07) is 11.1. The number of halogens is 1. The molecule has 2 heterocycles. The van der Waals surface area contributed by atoms with Gasteiger partial charge in [0.25, 0.3) is 5.91 Å². The van der Waals surface area contributed by atoms with Crippen molar-refractivity contribution >= 4 is 38.3 Å². The van der Waals surface area contributed by atoms with E-state index in [9.17, 15) is 13.2 Å². The molecular weight excluding hydrogens is 541 g/mol. The van der Waals surface area contributed by atoms with Crippen molar-refractivity contribution in [1.29, 1.82) is 0 Å². The van der Waals surface area contributed by atoms with E-state index < -0.39 is 9.84 Å². The molecule has 0 atom stereocenters. The summed E-state index contributed by atoms with van der Waals surface area (Å²) >= 11 is 1.83. The van der Waals surface area contributed by atoms with Crippen LogP contribution in [0.5, 0.6) is 5.75 Å². The van der Waals surface area contributed by atoms with Crippen LogP contribution in [-0.4, -0.2) is 42.3 Å². The van der Waals surface area contributed by atoms with E-state index in [4.69, 9.17) is 9.47 Å². The van der Waals surface area contributed by atoms with Gasteiger partial charge in [-0.05, 0) is 67.5 Å². The van der Waals surface area contributed by atoms with Crippen molar-refractivity contribution in [1.82, 2.24) is 4.90 Å². The van der Waals surface area contributed by atoms with Crippen LogP contribution in [0.15, 0.2) is 41.3 Å². The predicted molar refractivity (Wildman–Crippen MR) is 131 cm³/mol. The maximum Gasteiger partial charge on any atom is 0.258 e. The molecule has 0 spiro atoms. The minimum atomic E-state index is -3.44. The van der Waals surface area contributed by atoms with Crippen LogP contribution in [-0.2, 0) is 27.7 Å². The molecule has 0 aliphatic carbocycles. The van der Waals surface area contributed by atoms with Gasteiger partial charge in [-0.1, -0.05) is 40.8 Å². The number of benzene rings is 2. The van der Waals surface area contributed by atoms with Crippen molar-refractivity contribution in [3.8, 4) is 5.75 Å². The standard InChI is InChI=1S/C24H28INO5S/c1-16(2)31-23-6-5-21(32(28,29)15-25)12-22(23)24(27)26-13-19-4-3-18(11-20(19)14-26)17-7-9-30-10-8-17/h3-6,11-12,16-17H,7-10,13-15H2,1-2H3. The fourth-order valence-corrected chi connectivity index (χ4v) is 6.08. The SMILES string of the molecule is CC(C)Oc1ccc(S(=O)(=O)CI)cc1C(=O)N1Cc2ccc(C3CCOCC3)cc2C1. The maximum atomic E-state index is 13.5. The molecule has 1 amide bonds. The van der Waals surface area contributed by atoms with E-state index in [0.717, 1.165) is 37.2 Å². The molecule has 172 valence electrons. The molecule has 6 nitrogen and oxygen atoms in total. The second kappa shape index (κ2) is 9.69. The van der Waals surface area contributed by atoms with Crippen molar-refractivity contribution in [2.24, 2.45) is 0 Å². The summed E-state index contributed by atoms with van der Waals surface area (Å²) < 4.78 is 36.1. The molecule has 8 heteroatoms. The number of ether oxygens (including phenoxy) is 2. The summed E-state index contributed by atoms with van der Waals surface area (Å²) in [5.41, 5.74) is 3.89. The highest BCUT2D eigenvalue weighted by molar-refractivity contribution is 14.1. The zero-order chi connectivity index (χ0) is 22.9. The van der Waals surface area contributed by atoms with Crippen molar-refractivity contribution in [3.63, 3.8) is 0 Å². The van der Waals surface area contributed by atoms with E-state index in [2.05, 4.69) is 18.2 Å². The zero-order valence-electron chi connectivity index (χ0n) is 18.3. The number of carbonyl (C=O) groups is 1. The number of rotatable bonds is 6. The number of sulfone groups is 1. The minimum absolute atomic E-state index is 0.0487. The van der Waals surface area contributed by atoms with E-state index in [1.165, 1.54) is 17.7 Å². The molecule has 2 aromatic rings. The molecule has 0 bridgehead atoms. The summed E-state index contributed by atoms with van der Waals surface area (Å²) in [7, 11) is -3.44. The molecule has 0 aromatic heterocycles. The Morgan fingerprint density at radius 2 is 1.84 bits per heavy atom. The van der Waals surface area contributed by atoms with Gasteiger partial charge >= 0.3 is 0 Å². The van der Waals surface area contributed by atoms with Gasteiger partial charge in [0, 0.05) is 26.3 Å². The summed E-state index contributed by atoms with van der Waals surface area (Å²) in [6.45, 7) is 6.37. The van der Waals surface area contributed by atoms with Crippen LogP contribution < -0.4 is 4.74 Å². The van der Waals surface area contributed by atoms with Gasteiger partial charge in [-0.2, -0.15) is 0 Å². The molecule has 1 fully saturated rings. The molecule has 0 unspecified atom stereocenters. The first-order chi connectivity index (χ1) is 15.3. The summed E-state index contributed by atoms with van der Waals surface area (Å²) in [4.78, 5) is 15.4. The Morgan fingerprint density at radius 3 is 2.53 bits per heavy atom. The lowest BCUT2D eigenvalue weighted by molar-refractivity contribution is 0.0745. The second-order valence-corrected chi connectivity index (χ2v) is 12.4. The molecule has 0 saturated carbocycles. The quantitative estimate of drug-likeness (QED) is 0.373. The van der Waals surface area contributed by atoms with Gasteiger partial charge in [0.2, 0.25) is 0 Å². The van der Waals surface area contributed by atoms with Crippen molar-refractivity contribution in [2.75, 3.05) is 17.0 Å². The summed E-state index contributed by atoms with van der Waals surface area (Å²) in [5.74, 6) is 0.700. The molecular formula is C24H28INO5S. The lowest BCUT2D eigenvalue weighted by atomic mass is 9.90. The Morgan fingerprint density at radius 1 is 1.12 bits per heavy atom. The molecule has 1 saturated heterocycles. The maximum absolute atomic E-state index is 13.5. The van der Waals surface area contributed by atoms with Gasteiger partial charge < -0.3 is 14.4 Å². The van der Waals surface area contributed by atoms with E-state index in [1.807, 2.05) is 36.4 Å². The van der Waals surface area contributed by atoms with Gasteiger partial charge in [0.15, 0.2) is 9.84 Å². The number of hydrogen-bond acceptors (Lipinski definition) is 5. The Labute approximate surface area is 203 Å². The van der Waals surface area contributed by atoms with E-state index >= 15 is 0 Å². The molecule has 2 aliphatic heterocycles. The third kappa shape index (κ3) is 4.97. The van der Waals surface area contributed by atoms with Crippen LogP contribution in [0.4, 0.5) is 0 Å². The third-order valence-electron chi connectivity index (χ3n) is 5.98. The molecule has 2 aliphatic rings.